The molecular formula is C16H16N2O4. The molecule has 0 bridgehead atoms. The summed E-state index contributed by atoms with van der Waals surface area (Å²) in [6, 6.07) is 6.51. The smallest absolute Gasteiger partial charge is 0.328 e. The van der Waals surface area contributed by atoms with Crippen molar-refractivity contribution >= 4 is 17.8 Å². The molecule has 3 heterocycles. The zero-order chi connectivity index (χ0) is 15.3. The van der Waals surface area contributed by atoms with Crippen LogP contribution in [-0.4, -0.2) is 46.4 Å². The maximum absolute atomic E-state index is 12.6. The lowest BCUT2D eigenvalue weighted by Crippen LogP contribution is -2.49. The van der Waals surface area contributed by atoms with Crippen LogP contribution in [0.15, 0.2) is 24.3 Å². The average molecular weight is 300 g/mol. The van der Waals surface area contributed by atoms with Gasteiger partial charge in [-0.2, -0.15) is 0 Å². The molecule has 0 aromatic heterocycles. The van der Waals surface area contributed by atoms with Gasteiger partial charge in [-0.1, -0.05) is 17.2 Å². The van der Waals surface area contributed by atoms with Crippen molar-refractivity contribution in [3.8, 4) is 0 Å². The summed E-state index contributed by atoms with van der Waals surface area (Å²) in [7, 11) is 0. The first-order valence-electron chi connectivity index (χ1n) is 7.59. The molecule has 4 rings (SSSR count). The van der Waals surface area contributed by atoms with Gasteiger partial charge in [-0.05, 0) is 50.9 Å². The van der Waals surface area contributed by atoms with Gasteiger partial charge in [-0.3, -0.25) is 14.5 Å². The predicted molar refractivity (Wildman–Crippen MR) is 75.8 cm³/mol. The number of hydrogen-bond acceptors (Lipinski definition) is 5. The van der Waals surface area contributed by atoms with Crippen molar-refractivity contribution < 1.29 is 19.2 Å². The lowest BCUT2D eigenvalue weighted by Gasteiger charge is -2.30. The molecule has 114 valence electrons. The molecule has 0 atom stereocenters. The number of benzene rings is 1. The van der Waals surface area contributed by atoms with Crippen LogP contribution in [0.3, 0.4) is 0 Å². The van der Waals surface area contributed by atoms with Crippen molar-refractivity contribution in [1.82, 2.24) is 9.96 Å². The highest BCUT2D eigenvalue weighted by molar-refractivity contribution is 6.21. The first kappa shape index (κ1) is 13.5. The Hall–Kier alpha value is -2.21. The van der Waals surface area contributed by atoms with Gasteiger partial charge in [0.1, 0.15) is 5.54 Å². The normalized spacial score (nSPS) is 22.8. The molecule has 0 unspecified atom stereocenters. The minimum absolute atomic E-state index is 0.285. The highest BCUT2D eigenvalue weighted by atomic mass is 16.7. The Kier molecular flexibility index (Phi) is 2.84. The molecule has 0 spiro atoms. The van der Waals surface area contributed by atoms with Crippen LogP contribution in [0.2, 0.25) is 0 Å². The second-order valence-electron chi connectivity index (χ2n) is 6.05. The maximum atomic E-state index is 12.6. The van der Waals surface area contributed by atoms with Crippen LogP contribution < -0.4 is 0 Å². The van der Waals surface area contributed by atoms with Gasteiger partial charge < -0.3 is 4.84 Å². The molecule has 3 aliphatic rings. The van der Waals surface area contributed by atoms with Crippen LogP contribution in [0.4, 0.5) is 0 Å². The number of hydrogen-bond donors (Lipinski definition) is 0. The van der Waals surface area contributed by atoms with Gasteiger partial charge >= 0.3 is 5.97 Å². The first-order chi connectivity index (χ1) is 10.6. The lowest BCUT2D eigenvalue weighted by molar-refractivity contribution is -0.180. The van der Waals surface area contributed by atoms with Gasteiger partial charge in [0.15, 0.2) is 0 Å². The Labute approximate surface area is 127 Å². The van der Waals surface area contributed by atoms with Crippen molar-refractivity contribution in [3.63, 3.8) is 0 Å². The molecule has 0 radical (unpaired) electrons. The molecule has 6 nitrogen and oxygen atoms in total. The van der Waals surface area contributed by atoms with E-state index in [4.69, 9.17) is 4.84 Å². The molecule has 2 fully saturated rings. The predicted octanol–water partition coefficient (Wildman–Crippen LogP) is 1.37. The second-order valence-corrected chi connectivity index (χ2v) is 6.05. The van der Waals surface area contributed by atoms with E-state index in [1.165, 1.54) is 0 Å². The summed E-state index contributed by atoms with van der Waals surface area (Å²) in [6.07, 6.45) is 3.35. The van der Waals surface area contributed by atoms with E-state index in [2.05, 4.69) is 4.90 Å². The zero-order valence-electron chi connectivity index (χ0n) is 12.1. The third kappa shape index (κ3) is 1.67. The van der Waals surface area contributed by atoms with Crippen LogP contribution in [0.5, 0.6) is 0 Å². The summed E-state index contributed by atoms with van der Waals surface area (Å²) in [5.41, 5.74) is -0.0741. The van der Waals surface area contributed by atoms with E-state index < -0.39 is 23.3 Å². The fourth-order valence-corrected chi connectivity index (χ4v) is 3.86. The Bertz CT molecular complexity index is 639. The number of hydroxylamine groups is 2. The Morgan fingerprint density at radius 2 is 1.55 bits per heavy atom. The molecular weight excluding hydrogens is 284 g/mol. The number of carbonyl (C=O) groups is 3. The van der Waals surface area contributed by atoms with E-state index in [1.54, 1.807) is 24.3 Å². The molecule has 1 aromatic carbocycles. The van der Waals surface area contributed by atoms with Crippen molar-refractivity contribution in [2.75, 3.05) is 13.1 Å². The molecule has 0 saturated carbocycles. The summed E-state index contributed by atoms with van der Waals surface area (Å²) in [4.78, 5) is 44.5. The van der Waals surface area contributed by atoms with Gasteiger partial charge in [0.05, 0.1) is 11.1 Å². The zero-order valence-corrected chi connectivity index (χ0v) is 12.1. The lowest BCUT2D eigenvalue weighted by atomic mass is 9.94. The van der Waals surface area contributed by atoms with E-state index in [1.807, 2.05) is 0 Å². The maximum Gasteiger partial charge on any atom is 0.353 e. The van der Waals surface area contributed by atoms with Crippen LogP contribution in [0.1, 0.15) is 46.4 Å². The Morgan fingerprint density at radius 3 is 2.09 bits per heavy atom. The number of carbonyl (C=O) groups excluding carboxylic acids is 3. The number of nitrogens with zero attached hydrogens (tertiary/aromatic N) is 2. The van der Waals surface area contributed by atoms with E-state index in [0.717, 1.165) is 38.8 Å². The van der Waals surface area contributed by atoms with Crippen LogP contribution in [0.25, 0.3) is 0 Å². The molecule has 0 aliphatic carbocycles. The minimum Gasteiger partial charge on any atom is -0.328 e. The summed E-state index contributed by atoms with van der Waals surface area (Å²) in [6.45, 7) is 1.74. The third-order valence-corrected chi connectivity index (χ3v) is 4.95. The van der Waals surface area contributed by atoms with E-state index >= 15 is 0 Å². The molecule has 0 N–H and O–H groups in total. The standard InChI is InChI=1S/C16H16N2O4/c19-13-11-5-1-2-6-12(11)14(20)18(13)22-15(21)16-7-3-9-17(16)10-4-8-16/h1-2,5-6H,3-4,7-10H2. The fraction of sp³-hybridized carbons (Fsp3) is 0.438. The highest BCUT2D eigenvalue weighted by Crippen LogP contribution is 2.40. The Morgan fingerprint density at radius 1 is 1.00 bits per heavy atom. The van der Waals surface area contributed by atoms with Crippen LogP contribution in [0, 0.1) is 0 Å². The van der Waals surface area contributed by atoms with E-state index in [0.29, 0.717) is 5.06 Å². The second kappa shape index (κ2) is 4.64. The molecule has 2 saturated heterocycles. The number of fused-ring (bicyclic) bond motifs is 2. The van der Waals surface area contributed by atoms with Crippen molar-refractivity contribution in [3.05, 3.63) is 35.4 Å². The van der Waals surface area contributed by atoms with Gasteiger partial charge in [0, 0.05) is 0 Å². The van der Waals surface area contributed by atoms with Crippen molar-refractivity contribution in [2.24, 2.45) is 0 Å². The number of imide groups is 1. The summed E-state index contributed by atoms with van der Waals surface area (Å²) in [5, 5.41) is 0.622. The summed E-state index contributed by atoms with van der Waals surface area (Å²) >= 11 is 0. The fourth-order valence-electron chi connectivity index (χ4n) is 3.86. The third-order valence-electron chi connectivity index (χ3n) is 4.95. The quantitative estimate of drug-likeness (QED) is 0.772. The molecule has 6 heteroatoms. The van der Waals surface area contributed by atoms with Crippen LogP contribution >= 0.6 is 0 Å². The largest absolute Gasteiger partial charge is 0.353 e. The SMILES string of the molecule is O=C1c2ccccc2C(=O)N1OC(=O)C12CCCN1CCC2. The average Bonchev–Trinajstić information content (AvgIpc) is 3.16. The monoisotopic (exact) mass is 300 g/mol. The molecule has 2 amide bonds. The first-order valence-corrected chi connectivity index (χ1v) is 7.59. The van der Waals surface area contributed by atoms with E-state index in [-0.39, 0.29) is 11.1 Å². The van der Waals surface area contributed by atoms with Gasteiger partial charge in [-0.15, -0.1) is 0 Å². The molecule has 1 aromatic rings. The summed E-state index contributed by atoms with van der Waals surface area (Å²) < 4.78 is 0. The van der Waals surface area contributed by atoms with Gasteiger partial charge in [-0.25, -0.2) is 4.79 Å². The molecule has 22 heavy (non-hydrogen) atoms. The summed E-state index contributed by atoms with van der Waals surface area (Å²) in [5.74, 6) is -1.60. The molecule has 3 aliphatic heterocycles. The topological polar surface area (TPSA) is 66.9 Å². The number of amides is 2. The van der Waals surface area contributed by atoms with Gasteiger partial charge in [0.25, 0.3) is 11.8 Å². The Balaban J connectivity index is 1.59. The highest BCUT2D eigenvalue weighted by Gasteiger charge is 2.53. The minimum atomic E-state index is -0.644. The number of rotatable bonds is 2. The van der Waals surface area contributed by atoms with Gasteiger partial charge in [0.2, 0.25) is 0 Å². The van der Waals surface area contributed by atoms with Crippen molar-refractivity contribution in [1.29, 1.82) is 0 Å². The van der Waals surface area contributed by atoms with E-state index in [9.17, 15) is 14.4 Å². The van der Waals surface area contributed by atoms with Crippen LogP contribution in [-0.2, 0) is 9.63 Å². The van der Waals surface area contributed by atoms with Crippen molar-refractivity contribution in [2.45, 2.75) is 31.2 Å².